The maximum atomic E-state index is 11.8. The van der Waals surface area contributed by atoms with Crippen LogP contribution in [0.2, 0.25) is 0 Å². The van der Waals surface area contributed by atoms with Gasteiger partial charge in [0.15, 0.2) is 6.29 Å². The van der Waals surface area contributed by atoms with E-state index in [1.165, 1.54) is 0 Å². The number of hydrogen-bond donors (Lipinski definition) is 7. The van der Waals surface area contributed by atoms with Crippen molar-refractivity contribution in [1.82, 2.24) is 10.0 Å². The Morgan fingerprint density at radius 3 is 2.32 bits per heavy atom. The summed E-state index contributed by atoms with van der Waals surface area (Å²) in [4.78, 5) is 28.3. The quantitative estimate of drug-likeness (QED) is 0.174. The summed E-state index contributed by atoms with van der Waals surface area (Å²) in [5.74, 6) is -1.83. The molecule has 0 unspecified atom stereocenters. The monoisotopic (exact) mass is 448 g/mol. The van der Waals surface area contributed by atoms with E-state index in [1.807, 2.05) is 0 Å². The second-order valence-corrected chi connectivity index (χ2v) is 6.93. The van der Waals surface area contributed by atoms with Crippen molar-refractivity contribution in [2.75, 3.05) is 19.8 Å². The van der Waals surface area contributed by atoms with E-state index in [2.05, 4.69) is 5.32 Å². The smallest absolute Gasteiger partial charge is 0.333 e. The Labute approximate surface area is 177 Å². The van der Waals surface area contributed by atoms with Crippen LogP contribution in [0.1, 0.15) is 25.7 Å². The summed E-state index contributed by atoms with van der Waals surface area (Å²) in [7, 11) is 0. The second-order valence-electron chi connectivity index (χ2n) is 6.93. The van der Waals surface area contributed by atoms with Gasteiger partial charge in [0, 0.05) is 31.5 Å². The minimum absolute atomic E-state index is 0.0233. The first-order valence-electron chi connectivity index (χ1n) is 9.74. The van der Waals surface area contributed by atoms with Crippen molar-refractivity contribution < 1.29 is 54.5 Å². The van der Waals surface area contributed by atoms with E-state index >= 15 is 0 Å². The van der Waals surface area contributed by atoms with Gasteiger partial charge in [0.2, 0.25) is 17.7 Å². The molecule has 176 valence electrons. The lowest BCUT2D eigenvalue weighted by Gasteiger charge is -2.39. The third-order valence-corrected chi connectivity index (χ3v) is 4.58. The molecule has 7 N–H and O–H groups in total. The maximum Gasteiger partial charge on any atom is 0.333 e. The number of nitrogens with one attached hydrogen (secondary N) is 1. The van der Waals surface area contributed by atoms with E-state index in [0.29, 0.717) is 17.6 Å². The number of aromatic nitrogens is 1. The van der Waals surface area contributed by atoms with Crippen molar-refractivity contribution in [1.29, 1.82) is 0 Å². The lowest BCUT2D eigenvalue weighted by molar-refractivity contribution is -0.300. The van der Waals surface area contributed by atoms with Crippen LogP contribution in [0, 0.1) is 0 Å². The average Bonchev–Trinajstić information content (AvgIpc) is 3.06. The molecule has 0 aromatic carbocycles. The number of carbonyl (C=O) groups excluding carboxylic acids is 2. The summed E-state index contributed by atoms with van der Waals surface area (Å²) in [5, 5.41) is 59.6. The molecular formula is C18H28N2O11. The molecule has 13 nitrogen and oxygen atoms in total. The van der Waals surface area contributed by atoms with Crippen LogP contribution in [0.25, 0.3) is 0 Å². The van der Waals surface area contributed by atoms with Gasteiger partial charge in [0.25, 0.3) is 0 Å². The van der Waals surface area contributed by atoms with Crippen molar-refractivity contribution in [3.8, 4) is 11.8 Å². The first kappa shape index (κ1) is 24.8. The molecule has 1 aromatic rings. The van der Waals surface area contributed by atoms with E-state index in [-0.39, 0.29) is 31.9 Å². The molecule has 31 heavy (non-hydrogen) atoms. The second kappa shape index (κ2) is 11.8. The van der Waals surface area contributed by atoms with Gasteiger partial charge in [-0.1, -0.05) is 0 Å². The molecule has 1 saturated heterocycles. The molecule has 1 aliphatic heterocycles. The highest BCUT2D eigenvalue weighted by Crippen LogP contribution is 2.22. The fraction of sp³-hybridized carbons (Fsp3) is 0.667. The number of amides is 1. The number of aliphatic hydroxyl groups is 4. The Morgan fingerprint density at radius 1 is 1.03 bits per heavy atom. The van der Waals surface area contributed by atoms with Crippen LogP contribution in [0.4, 0.5) is 0 Å². The summed E-state index contributed by atoms with van der Waals surface area (Å²) in [6, 6.07) is 2.32. The number of aliphatic hydroxyl groups excluding tert-OH is 4. The SMILES string of the molecule is O=C(CCCCC(=O)On1c(O)ccc1O)NCCO[C@@H]1O[C@H](CO)[C@@H](O)[C@H](O)[C@@H]1O. The van der Waals surface area contributed by atoms with Crippen LogP contribution < -0.4 is 10.2 Å². The summed E-state index contributed by atoms with van der Waals surface area (Å²) < 4.78 is 11.0. The number of unbranched alkanes of at least 4 members (excludes halogenated alkanes) is 1. The average molecular weight is 448 g/mol. The van der Waals surface area contributed by atoms with Gasteiger partial charge in [-0.2, -0.15) is 0 Å². The topological polar surface area (TPSA) is 200 Å². The highest BCUT2D eigenvalue weighted by molar-refractivity contribution is 5.76. The molecule has 13 heteroatoms. The lowest BCUT2D eigenvalue weighted by atomic mass is 9.99. The van der Waals surface area contributed by atoms with Gasteiger partial charge in [0.05, 0.1) is 13.2 Å². The Balaban J connectivity index is 1.56. The van der Waals surface area contributed by atoms with E-state index in [0.717, 1.165) is 12.1 Å². The maximum absolute atomic E-state index is 11.8. The predicted octanol–water partition coefficient (Wildman–Crippen LogP) is -2.65. The fourth-order valence-corrected chi connectivity index (χ4v) is 2.86. The molecule has 0 spiro atoms. The summed E-state index contributed by atoms with van der Waals surface area (Å²) >= 11 is 0. The molecule has 1 amide bonds. The summed E-state index contributed by atoms with van der Waals surface area (Å²) in [6.07, 6.45) is -6.03. The van der Waals surface area contributed by atoms with Gasteiger partial charge in [0.1, 0.15) is 24.4 Å². The van der Waals surface area contributed by atoms with E-state index in [1.54, 1.807) is 0 Å². The first-order chi connectivity index (χ1) is 14.7. The van der Waals surface area contributed by atoms with Gasteiger partial charge >= 0.3 is 5.97 Å². The number of aromatic hydroxyl groups is 2. The zero-order valence-corrected chi connectivity index (χ0v) is 16.7. The number of hydrogen-bond acceptors (Lipinski definition) is 11. The van der Waals surface area contributed by atoms with E-state index < -0.39 is 55.0 Å². The highest BCUT2D eigenvalue weighted by Gasteiger charge is 2.43. The van der Waals surface area contributed by atoms with Gasteiger partial charge in [-0.05, 0) is 12.8 Å². The Hall–Kier alpha value is -2.42. The molecule has 1 aromatic heterocycles. The molecule has 0 radical (unpaired) electrons. The van der Waals surface area contributed by atoms with Crippen molar-refractivity contribution in [2.45, 2.75) is 56.4 Å². The number of rotatable bonds is 11. The molecular weight excluding hydrogens is 420 g/mol. The van der Waals surface area contributed by atoms with Gasteiger partial charge in [-0.3, -0.25) is 4.79 Å². The molecule has 5 atom stereocenters. The standard InChI is InChI=1S/C18H28N2O11/c21-9-10-15(26)16(27)17(28)18(30-10)29-8-7-19-11(22)3-1-2-4-14(25)31-20-12(23)5-6-13(20)24/h5-6,10,15-18,21,23-24,26-28H,1-4,7-9H2,(H,19,22)/t10-,15-,16+,17+,18-/m1/s1. The molecule has 2 heterocycles. The zero-order valence-electron chi connectivity index (χ0n) is 16.7. The Morgan fingerprint density at radius 2 is 1.68 bits per heavy atom. The third kappa shape index (κ3) is 7.05. The fourth-order valence-electron chi connectivity index (χ4n) is 2.86. The zero-order chi connectivity index (χ0) is 23.0. The molecule has 1 aliphatic rings. The summed E-state index contributed by atoms with van der Waals surface area (Å²) in [5.41, 5.74) is 0. The minimum Gasteiger partial charge on any atom is -0.492 e. The Kier molecular flexibility index (Phi) is 9.48. The molecule has 0 bridgehead atoms. The lowest BCUT2D eigenvalue weighted by Crippen LogP contribution is -2.59. The van der Waals surface area contributed by atoms with Gasteiger partial charge in [-0.15, -0.1) is 4.73 Å². The van der Waals surface area contributed by atoms with E-state index in [4.69, 9.17) is 19.4 Å². The molecule has 0 aliphatic carbocycles. The predicted molar refractivity (Wildman–Crippen MR) is 101 cm³/mol. The summed E-state index contributed by atoms with van der Waals surface area (Å²) in [6.45, 7) is -0.532. The minimum atomic E-state index is -1.54. The van der Waals surface area contributed by atoms with E-state index in [9.17, 15) is 35.1 Å². The van der Waals surface area contributed by atoms with Gasteiger partial charge < -0.3 is 50.3 Å². The first-order valence-corrected chi connectivity index (χ1v) is 9.74. The van der Waals surface area contributed by atoms with Crippen LogP contribution >= 0.6 is 0 Å². The van der Waals surface area contributed by atoms with Crippen LogP contribution in [0.5, 0.6) is 11.8 Å². The molecule has 1 fully saturated rings. The third-order valence-electron chi connectivity index (χ3n) is 4.58. The van der Waals surface area contributed by atoms with Crippen LogP contribution in [0.3, 0.4) is 0 Å². The van der Waals surface area contributed by atoms with Crippen LogP contribution in [-0.4, -0.2) is 97.7 Å². The van der Waals surface area contributed by atoms with Crippen LogP contribution in [-0.2, 0) is 19.1 Å². The highest BCUT2D eigenvalue weighted by atomic mass is 16.7. The van der Waals surface area contributed by atoms with Crippen molar-refractivity contribution >= 4 is 11.9 Å². The molecule has 2 rings (SSSR count). The van der Waals surface area contributed by atoms with Crippen molar-refractivity contribution in [2.24, 2.45) is 0 Å². The normalized spacial score (nSPS) is 25.9. The van der Waals surface area contributed by atoms with Crippen molar-refractivity contribution in [3.63, 3.8) is 0 Å². The number of carbonyl (C=O) groups is 2. The number of ether oxygens (including phenoxy) is 2. The Bertz CT molecular complexity index is 704. The van der Waals surface area contributed by atoms with Gasteiger partial charge in [-0.25, -0.2) is 4.79 Å². The number of nitrogens with zero attached hydrogens (tertiary/aromatic N) is 1. The van der Waals surface area contributed by atoms with Crippen LogP contribution in [0.15, 0.2) is 12.1 Å². The largest absolute Gasteiger partial charge is 0.492 e. The molecule has 0 saturated carbocycles. The van der Waals surface area contributed by atoms with Crippen molar-refractivity contribution in [3.05, 3.63) is 12.1 Å².